The van der Waals surface area contributed by atoms with Crippen molar-refractivity contribution in [2.75, 3.05) is 13.7 Å². The first-order valence-electron chi connectivity index (χ1n) is 7.91. The molecule has 23 heavy (non-hydrogen) atoms. The van der Waals surface area contributed by atoms with Gasteiger partial charge < -0.3 is 14.1 Å². The highest BCUT2D eigenvalue weighted by Crippen LogP contribution is 2.21. The van der Waals surface area contributed by atoms with E-state index in [1.165, 1.54) is 6.39 Å². The molecule has 0 N–H and O–H groups in total. The summed E-state index contributed by atoms with van der Waals surface area (Å²) in [5.74, 6) is 1.74. The molecule has 0 aliphatic heterocycles. The van der Waals surface area contributed by atoms with Gasteiger partial charge in [0.25, 0.3) is 5.91 Å². The number of nitrogens with zero attached hydrogens (tertiary/aromatic N) is 2. The molecule has 0 aliphatic carbocycles. The number of oxazole rings is 1. The van der Waals surface area contributed by atoms with Crippen molar-refractivity contribution in [3.63, 3.8) is 0 Å². The Bertz CT molecular complexity index is 649. The smallest absolute Gasteiger partial charge is 0.276 e. The lowest BCUT2D eigenvalue weighted by Crippen LogP contribution is -2.27. The van der Waals surface area contributed by atoms with Crippen molar-refractivity contribution in [2.45, 2.75) is 33.7 Å². The van der Waals surface area contributed by atoms with Crippen molar-refractivity contribution in [1.29, 1.82) is 0 Å². The molecule has 0 atom stereocenters. The fourth-order valence-corrected chi connectivity index (χ4v) is 2.24. The molecule has 0 aliphatic rings. The summed E-state index contributed by atoms with van der Waals surface area (Å²) in [5, 5.41) is 0. The fraction of sp³-hybridized carbons (Fsp3) is 0.444. The van der Waals surface area contributed by atoms with E-state index in [0.717, 1.165) is 11.3 Å². The minimum Gasteiger partial charge on any atom is -0.493 e. The van der Waals surface area contributed by atoms with Crippen molar-refractivity contribution in [3.8, 4) is 5.75 Å². The third-order valence-electron chi connectivity index (χ3n) is 3.46. The summed E-state index contributed by atoms with van der Waals surface area (Å²) in [6.07, 6.45) is 1.96. The molecule has 1 aromatic heterocycles. The van der Waals surface area contributed by atoms with Gasteiger partial charge in [-0.1, -0.05) is 39.0 Å². The number of ether oxygens (including phenoxy) is 1. The van der Waals surface area contributed by atoms with E-state index in [1.54, 1.807) is 11.9 Å². The summed E-state index contributed by atoms with van der Waals surface area (Å²) in [7, 11) is 1.76. The zero-order chi connectivity index (χ0) is 16.8. The number of para-hydroxylation sites is 1. The van der Waals surface area contributed by atoms with Crippen molar-refractivity contribution in [2.24, 2.45) is 5.92 Å². The first kappa shape index (κ1) is 17.1. The van der Waals surface area contributed by atoms with E-state index >= 15 is 0 Å². The highest BCUT2D eigenvalue weighted by molar-refractivity contribution is 5.93. The van der Waals surface area contributed by atoms with E-state index in [0.29, 0.717) is 36.9 Å². The van der Waals surface area contributed by atoms with Crippen LogP contribution in [0, 0.1) is 5.92 Å². The van der Waals surface area contributed by atoms with Gasteiger partial charge in [-0.2, -0.15) is 0 Å². The van der Waals surface area contributed by atoms with E-state index < -0.39 is 0 Å². The summed E-state index contributed by atoms with van der Waals surface area (Å²) < 4.78 is 11.1. The van der Waals surface area contributed by atoms with Crippen molar-refractivity contribution >= 4 is 5.91 Å². The summed E-state index contributed by atoms with van der Waals surface area (Å²) in [4.78, 5) is 18.2. The number of hydrogen-bond acceptors (Lipinski definition) is 4. The second-order valence-corrected chi connectivity index (χ2v) is 5.95. The molecular weight excluding hydrogens is 292 g/mol. The van der Waals surface area contributed by atoms with Crippen LogP contribution in [0.5, 0.6) is 5.75 Å². The van der Waals surface area contributed by atoms with Crippen molar-refractivity contribution in [1.82, 2.24) is 9.88 Å². The second kappa shape index (κ2) is 7.81. The van der Waals surface area contributed by atoms with Crippen molar-refractivity contribution < 1.29 is 13.9 Å². The van der Waals surface area contributed by atoms with Crippen LogP contribution in [0.25, 0.3) is 0 Å². The number of hydrogen-bond donors (Lipinski definition) is 0. The lowest BCUT2D eigenvalue weighted by molar-refractivity contribution is 0.0776. The predicted octanol–water partition coefficient (Wildman–Crippen LogP) is 3.54. The number of rotatable bonds is 7. The standard InChI is InChI=1S/C18H24N2O3/c1-5-15-17(19-12-23-15)18(21)20(4)10-14-8-6-7-9-16(14)22-11-13(2)3/h6-9,12-13H,5,10-11H2,1-4H3. The molecule has 1 amide bonds. The maximum Gasteiger partial charge on any atom is 0.276 e. The van der Waals surface area contributed by atoms with E-state index in [1.807, 2.05) is 31.2 Å². The zero-order valence-corrected chi connectivity index (χ0v) is 14.2. The number of carbonyl (C=O) groups is 1. The Kier molecular flexibility index (Phi) is 5.79. The van der Waals surface area contributed by atoms with Crippen LogP contribution in [-0.4, -0.2) is 29.4 Å². The molecule has 1 aromatic carbocycles. The second-order valence-electron chi connectivity index (χ2n) is 5.95. The van der Waals surface area contributed by atoms with Gasteiger partial charge in [-0.05, 0) is 12.0 Å². The Balaban J connectivity index is 2.11. The van der Waals surface area contributed by atoms with Crippen LogP contribution >= 0.6 is 0 Å². The first-order valence-corrected chi connectivity index (χ1v) is 7.91. The molecule has 2 rings (SSSR count). The molecule has 0 bridgehead atoms. The highest BCUT2D eigenvalue weighted by atomic mass is 16.5. The molecule has 5 heteroatoms. The number of aromatic nitrogens is 1. The molecule has 5 nitrogen and oxygen atoms in total. The Morgan fingerprint density at radius 3 is 2.78 bits per heavy atom. The summed E-state index contributed by atoms with van der Waals surface area (Å²) in [5.41, 5.74) is 1.36. The quantitative estimate of drug-likeness (QED) is 0.784. The third kappa shape index (κ3) is 4.34. The number of amides is 1. The maximum absolute atomic E-state index is 12.5. The summed E-state index contributed by atoms with van der Waals surface area (Å²) in [6, 6.07) is 7.80. The van der Waals surface area contributed by atoms with Gasteiger partial charge in [0.05, 0.1) is 6.61 Å². The van der Waals surface area contributed by atoms with Gasteiger partial charge in [-0.3, -0.25) is 4.79 Å². The first-order chi connectivity index (χ1) is 11.0. The van der Waals surface area contributed by atoms with Gasteiger partial charge in [-0.15, -0.1) is 0 Å². The van der Waals surface area contributed by atoms with Crippen LogP contribution in [0.15, 0.2) is 35.1 Å². The van der Waals surface area contributed by atoms with Gasteiger partial charge in [0.2, 0.25) is 0 Å². The van der Waals surface area contributed by atoms with E-state index in [4.69, 9.17) is 9.15 Å². The lowest BCUT2D eigenvalue weighted by atomic mass is 10.1. The van der Waals surface area contributed by atoms with E-state index in [-0.39, 0.29) is 5.91 Å². The average Bonchev–Trinajstić information content (AvgIpc) is 3.01. The molecular formula is C18H24N2O3. The number of benzene rings is 1. The molecule has 0 radical (unpaired) electrons. The molecule has 0 unspecified atom stereocenters. The van der Waals surface area contributed by atoms with Crippen LogP contribution in [0.4, 0.5) is 0 Å². The average molecular weight is 316 g/mol. The van der Waals surface area contributed by atoms with Crippen LogP contribution in [-0.2, 0) is 13.0 Å². The minimum absolute atomic E-state index is 0.144. The Morgan fingerprint density at radius 1 is 1.35 bits per heavy atom. The normalized spacial score (nSPS) is 10.8. The highest BCUT2D eigenvalue weighted by Gasteiger charge is 2.20. The van der Waals surface area contributed by atoms with Gasteiger partial charge >= 0.3 is 0 Å². The Labute approximate surface area is 137 Å². The van der Waals surface area contributed by atoms with Gasteiger partial charge in [0.15, 0.2) is 12.1 Å². The third-order valence-corrected chi connectivity index (χ3v) is 3.46. The van der Waals surface area contributed by atoms with Crippen LogP contribution in [0.2, 0.25) is 0 Å². The molecule has 1 heterocycles. The summed E-state index contributed by atoms with van der Waals surface area (Å²) in [6.45, 7) is 7.26. The predicted molar refractivity (Wildman–Crippen MR) is 88.5 cm³/mol. The maximum atomic E-state index is 12.5. The van der Waals surface area contributed by atoms with Gasteiger partial charge in [0, 0.05) is 25.6 Å². The zero-order valence-electron chi connectivity index (χ0n) is 14.2. The minimum atomic E-state index is -0.144. The number of aryl methyl sites for hydroxylation is 1. The molecule has 2 aromatic rings. The number of carbonyl (C=O) groups excluding carboxylic acids is 1. The van der Waals surface area contributed by atoms with Crippen LogP contribution in [0.1, 0.15) is 42.6 Å². The van der Waals surface area contributed by atoms with Gasteiger partial charge in [0.1, 0.15) is 11.5 Å². The largest absolute Gasteiger partial charge is 0.493 e. The SMILES string of the molecule is CCc1ocnc1C(=O)N(C)Cc1ccccc1OCC(C)C. The molecule has 0 saturated carbocycles. The van der Waals surface area contributed by atoms with Gasteiger partial charge in [-0.25, -0.2) is 4.98 Å². The van der Waals surface area contributed by atoms with E-state index in [2.05, 4.69) is 18.8 Å². The lowest BCUT2D eigenvalue weighted by Gasteiger charge is -2.19. The Morgan fingerprint density at radius 2 is 2.09 bits per heavy atom. The van der Waals surface area contributed by atoms with Crippen LogP contribution in [0.3, 0.4) is 0 Å². The van der Waals surface area contributed by atoms with E-state index in [9.17, 15) is 4.79 Å². The fourth-order valence-electron chi connectivity index (χ4n) is 2.24. The topological polar surface area (TPSA) is 55.6 Å². The summed E-state index contributed by atoms with van der Waals surface area (Å²) >= 11 is 0. The van der Waals surface area contributed by atoms with Crippen LogP contribution < -0.4 is 4.74 Å². The molecule has 0 saturated heterocycles. The molecule has 124 valence electrons. The Hall–Kier alpha value is -2.30. The van der Waals surface area contributed by atoms with Crippen molar-refractivity contribution in [3.05, 3.63) is 47.7 Å². The molecule has 0 spiro atoms. The monoisotopic (exact) mass is 316 g/mol. The molecule has 0 fully saturated rings.